The van der Waals surface area contributed by atoms with Gasteiger partial charge in [0.1, 0.15) is 17.2 Å². The molecule has 0 radical (unpaired) electrons. The molecule has 0 aliphatic rings. The van der Waals surface area contributed by atoms with Crippen LogP contribution in [0.3, 0.4) is 0 Å². The van der Waals surface area contributed by atoms with Crippen LogP contribution in [0.1, 0.15) is 32.9 Å². The van der Waals surface area contributed by atoms with Gasteiger partial charge < -0.3 is 16.0 Å². The maximum atomic E-state index is 12.3. The topological polar surface area (TPSA) is 156 Å². The van der Waals surface area contributed by atoms with Crippen LogP contribution in [0.5, 0.6) is 0 Å². The van der Waals surface area contributed by atoms with Crippen LogP contribution in [0.4, 0.5) is 5.82 Å². The van der Waals surface area contributed by atoms with Crippen molar-refractivity contribution in [3.05, 3.63) is 83.2 Å². The second-order valence-electron chi connectivity index (χ2n) is 7.34. The zero-order chi connectivity index (χ0) is 21.9. The fraction of sp³-hybridized carbons (Fsp3) is 0.143. The molecular weight excluding hydrogens is 408 g/mol. The van der Waals surface area contributed by atoms with Gasteiger partial charge in [-0.15, -0.1) is 5.10 Å². The number of fused-ring (bicyclic) bond motifs is 1. The van der Waals surface area contributed by atoms with E-state index in [0.29, 0.717) is 47.9 Å². The van der Waals surface area contributed by atoms with Crippen molar-refractivity contribution >= 4 is 22.9 Å². The van der Waals surface area contributed by atoms with Gasteiger partial charge >= 0.3 is 0 Å². The van der Waals surface area contributed by atoms with Crippen molar-refractivity contribution in [1.82, 2.24) is 45.5 Å². The minimum Gasteiger partial charge on any atom is -0.384 e. The third kappa shape index (κ3) is 4.17. The Kier molecular flexibility index (Phi) is 5.04. The van der Waals surface area contributed by atoms with Gasteiger partial charge in [0, 0.05) is 30.6 Å². The lowest BCUT2D eigenvalue weighted by molar-refractivity contribution is 0.0950. The number of anilines is 1. The third-order valence-electron chi connectivity index (χ3n) is 5.00. The summed E-state index contributed by atoms with van der Waals surface area (Å²) in [6.45, 7) is 0.944. The fourth-order valence-electron chi connectivity index (χ4n) is 3.47. The van der Waals surface area contributed by atoms with E-state index in [-0.39, 0.29) is 5.91 Å². The number of nitrogen functional groups attached to an aromatic ring is 1. The van der Waals surface area contributed by atoms with E-state index >= 15 is 0 Å². The smallest absolute Gasteiger partial charge is 0.251 e. The molecule has 0 fully saturated rings. The Balaban J connectivity index is 1.22. The highest BCUT2D eigenvalue weighted by Gasteiger charge is 2.11. The second kappa shape index (κ2) is 8.30. The lowest BCUT2D eigenvalue weighted by Crippen LogP contribution is -2.23. The third-order valence-corrected chi connectivity index (χ3v) is 5.00. The number of amides is 1. The Morgan fingerprint density at radius 2 is 2.03 bits per heavy atom. The van der Waals surface area contributed by atoms with E-state index in [4.69, 9.17) is 5.73 Å². The van der Waals surface area contributed by atoms with Gasteiger partial charge in [-0.25, -0.2) is 9.97 Å². The minimum atomic E-state index is -0.148. The zero-order valence-electron chi connectivity index (χ0n) is 17.0. The first-order chi connectivity index (χ1) is 15.6. The molecule has 0 aliphatic heterocycles. The molecule has 4 heterocycles. The molecule has 0 atom stereocenters. The predicted molar refractivity (Wildman–Crippen MR) is 116 cm³/mol. The molecule has 32 heavy (non-hydrogen) atoms. The number of benzene rings is 1. The van der Waals surface area contributed by atoms with Crippen LogP contribution in [0, 0.1) is 0 Å². The quantitative estimate of drug-likeness (QED) is 0.305. The summed E-state index contributed by atoms with van der Waals surface area (Å²) in [4.78, 5) is 23.5. The van der Waals surface area contributed by atoms with E-state index in [9.17, 15) is 4.79 Å². The van der Waals surface area contributed by atoms with E-state index in [1.54, 1.807) is 30.6 Å². The molecule has 1 amide bonds. The van der Waals surface area contributed by atoms with Gasteiger partial charge in [0.25, 0.3) is 5.91 Å². The molecule has 11 heteroatoms. The minimum absolute atomic E-state index is 0.148. The summed E-state index contributed by atoms with van der Waals surface area (Å²) in [7, 11) is 0. The number of carbonyl (C=O) groups excluding carboxylic acids is 1. The number of H-pyrrole nitrogens is 2. The van der Waals surface area contributed by atoms with Crippen molar-refractivity contribution in [1.29, 1.82) is 0 Å². The zero-order valence-corrected chi connectivity index (χ0v) is 17.0. The van der Waals surface area contributed by atoms with Gasteiger partial charge in [0.05, 0.1) is 19.3 Å². The van der Waals surface area contributed by atoms with Crippen molar-refractivity contribution in [3.63, 3.8) is 0 Å². The van der Waals surface area contributed by atoms with Gasteiger partial charge in [0.2, 0.25) is 5.65 Å². The molecule has 11 nitrogen and oxygen atoms in total. The highest BCUT2D eigenvalue weighted by Crippen LogP contribution is 2.19. The molecule has 1 aromatic carbocycles. The first kappa shape index (κ1) is 19.4. The van der Waals surface area contributed by atoms with Gasteiger partial charge in [-0.05, 0) is 34.9 Å². The maximum absolute atomic E-state index is 12.3. The molecule has 0 saturated heterocycles. The number of rotatable bonds is 7. The van der Waals surface area contributed by atoms with Crippen LogP contribution >= 0.6 is 0 Å². The van der Waals surface area contributed by atoms with Crippen molar-refractivity contribution in [2.24, 2.45) is 0 Å². The number of hydrogen-bond donors (Lipinski definition) is 4. The molecule has 0 unspecified atom stereocenters. The van der Waals surface area contributed by atoms with Crippen molar-refractivity contribution in [2.75, 3.05) is 5.73 Å². The molecular formula is C21H20N10O. The van der Waals surface area contributed by atoms with Crippen molar-refractivity contribution in [2.45, 2.75) is 19.5 Å². The van der Waals surface area contributed by atoms with E-state index in [0.717, 1.165) is 16.7 Å². The summed E-state index contributed by atoms with van der Waals surface area (Å²) in [6.07, 6.45) is 7.78. The standard InChI is InChI=1S/C21H20N10O/c22-17-8-16(19-20(27-17)29-30-28-19)7-14-9-26-31(12-14)11-13-1-3-15(4-2-13)21(32)25-10-18-23-5-6-24-18/h1-6,8-9,12H,7,10-11H2,(H,23,24)(H,25,32)(H3,22,27,28,29,30). The molecule has 5 N–H and O–H groups in total. The van der Waals surface area contributed by atoms with Crippen LogP contribution in [0.25, 0.3) is 11.2 Å². The second-order valence-corrected chi connectivity index (χ2v) is 7.34. The highest BCUT2D eigenvalue weighted by atomic mass is 16.1. The van der Waals surface area contributed by atoms with Gasteiger partial charge in [-0.3, -0.25) is 9.48 Å². The number of nitrogens with two attached hydrogens (primary N) is 1. The summed E-state index contributed by atoms with van der Waals surface area (Å²) in [5, 5.41) is 18.0. The summed E-state index contributed by atoms with van der Waals surface area (Å²) in [5.74, 6) is 0.968. The van der Waals surface area contributed by atoms with E-state index < -0.39 is 0 Å². The average Bonchev–Trinajstić information content (AvgIpc) is 3.55. The monoisotopic (exact) mass is 428 g/mol. The fourth-order valence-corrected chi connectivity index (χ4v) is 3.47. The lowest BCUT2D eigenvalue weighted by Gasteiger charge is -2.06. The van der Waals surface area contributed by atoms with E-state index in [1.807, 2.05) is 29.2 Å². The largest absolute Gasteiger partial charge is 0.384 e. The van der Waals surface area contributed by atoms with Gasteiger partial charge in [-0.2, -0.15) is 15.4 Å². The normalized spacial score (nSPS) is 11.1. The first-order valence-electron chi connectivity index (χ1n) is 9.96. The number of imidazole rings is 1. The molecule has 0 aliphatic carbocycles. The maximum Gasteiger partial charge on any atom is 0.251 e. The molecule has 0 bridgehead atoms. The van der Waals surface area contributed by atoms with Crippen LogP contribution in [0.2, 0.25) is 0 Å². The summed E-state index contributed by atoms with van der Waals surface area (Å²) in [6, 6.07) is 9.26. The Morgan fingerprint density at radius 3 is 2.84 bits per heavy atom. The Labute approximate surface area is 182 Å². The average molecular weight is 428 g/mol. The van der Waals surface area contributed by atoms with E-state index in [2.05, 4.69) is 40.8 Å². The highest BCUT2D eigenvalue weighted by molar-refractivity contribution is 5.94. The van der Waals surface area contributed by atoms with Gasteiger partial charge in [0.15, 0.2) is 0 Å². The summed E-state index contributed by atoms with van der Waals surface area (Å²) < 4.78 is 1.85. The predicted octanol–water partition coefficient (Wildman–Crippen LogP) is 1.42. The van der Waals surface area contributed by atoms with Crippen LogP contribution in [-0.2, 0) is 19.5 Å². The number of nitrogens with zero attached hydrogens (tertiary/aromatic N) is 6. The van der Waals surface area contributed by atoms with E-state index in [1.165, 1.54) is 0 Å². The number of pyridine rings is 1. The molecule has 4 aromatic heterocycles. The lowest BCUT2D eigenvalue weighted by atomic mass is 10.1. The molecule has 160 valence electrons. The van der Waals surface area contributed by atoms with Crippen LogP contribution < -0.4 is 11.1 Å². The Morgan fingerprint density at radius 1 is 1.16 bits per heavy atom. The number of aromatic nitrogens is 8. The number of aromatic amines is 2. The van der Waals surface area contributed by atoms with Gasteiger partial charge in [-0.1, -0.05) is 12.1 Å². The van der Waals surface area contributed by atoms with Crippen LogP contribution in [0.15, 0.2) is 55.1 Å². The Bertz CT molecular complexity index is 1350. The summed E-state index contributed by atoms with van der Waals surface area (Å²) in [5.41, 5.74) is 10.7. The first-order valence-corrected chi connectivity index (χ1v) is 9.96. The molecule has 0 saturated carbocycles. The SMILES string of the molecule is Nc1cc(Cc2cnn(Cc3ccc(C(=O)NCc4ncc[nH]4)cc3)c2)c2n[nH]nc2n1. The number of carbonyl (C=O) groups is 1. The molecule has 5 rings (SSSR count). The summed E-state index contributed by atoms with van der Waals surface area (Å²) >= 11 is 0. The molecule has 0 spiro atoms. The molecule has 5 aromatic rings. The van der Waals surface area contributed by atoms with Crippen LogP contribution in [-0.4, -0.2) is 46.1 Å². The number of hydrogen-bond acceptors (Lipinski definition) is 7. The Hall–Kier alpha value is -4.54. The number of nitrogens with one attached hydrogen (secondary N) is 3. The van der Waals surface area contributed by atoms with Crippen molar-refractivity contribution < 1.29 is 4.79 Å². The van der Waals surface area contributed by atoms with Crippen molar-refractivity contribution in [3.8, 4) is 0 Å².